The molecule has 12 nitrogen and oxygen atoms in total. The lowest BCUT2D eigenvalue weighted by Crippen LogP contribution is -2.65. The van der Waals surface area contributed by atoms with Gasteiger partial charge in [-0.3, -0.25) is 19.3 Å². The fraction of sp³-hybridized carbons (Fsp3) is 0.367. The highest BCUT2D eigenvalue weighted by Crippen LogP contribution is 2.55. The van der Waals surface area contributed by atoms with Gasteiger partial charge in [0.25, 0.3) is 5.91 Å². The van der Waals surface area contributed by atoms with Crippen LogP contribution in [0.5, 0.6) is 17.2 Å². The molecule has 0 spiro atoms. The Morgan fingerprint density at radius 1 is 1.05 bits per heavy atom. The number of anilines is 1. The van der Waals surface area contributed by atoms with Crippen molar-refractivity contribution in [1.82, 2.24) is 4.90 Å². The number of phenols is 1. The van der Waals surface area contributed by atoms with E-state index in [-0.39, 0.29) is 36.5 Å². The molecule has 4 aliphatic rings. The number of benzene rings is 2. The smallest absolute Gasteiger partial charge is 0.255 e. The summed E-state index contributed by atoms with van der Waals surface area (Å²) < 4.78 is 10.9. The quantitative estimate of drug-likeness (QED) is 0.331. The van der Waals surface area contributed by atoms with Crippen LogP contribution in [0.15, 0.2) is 41.2 Å². The van der Waals surface area contributed by atoms with E-state index in [1.165, 1.54) is 4.90 Å². The molecule has 0 saturated heterocycles. The summed E-state index contributed by atoms with van der Waals surface area (Å²) in [6, 6.07) is 5.78. The van der Waals surface area contributed by atoms with E-state index in [1.807, 2.05) is 19.0 Å². The summed E-state index contributed by atoms with van der Waals surface area (Å²) in [6.07, 6.45) is 0.209. The Morgan fingerprint density at radius 2 is 1.74 bits per heavy atom. The van der Waals surface area contributed by atoms with Gasteiger partial charge in [-0.25, -0.2) is 0 Å². The standard InChI is InChI=1S/C30H31N3O9/c1-32(2)17-10-14(12-5-6-18-19(9-12)42-11-41-18)24(34)21-15(17)7-13-8-16-23(33(3)4)26(36)22(29(31)39)28(38)30(16,40)27(37)20(13)25(21)35/h5-6,9-10,13,16,23,34-35,38,40H,7-8,11H2,1-4H3,(H2,31,39)/t13-,16+,23-,30-/m0/s1. The number of ketones is 2. The highest BCUT2D eigenvalue weighted by atomic mass is 16.7. The summed E-state index contributed by atoms with van der Waals surface area (Å²) in [5.41, 5.74) is 3.85. The SMILES string of the molecule is CN(C)c1cc(-c2ccc3c(c2)OCO3)c(O)c2c1C[C@H]1C[C@@H]3[C@H](N(C)C)C(=O)C(C(N)=O)=C(O)[C@@]3(O)C(=O)C1=C2O. The highest BCUT2D eigenvalue weighted by Gasteiger charge is 2.64. The van der Waals surface area contributed by atoms with E-state index in [0.717, 1.165) is 0 Å². The van der Waals surface area contributed by atoms with Crippen molar-refractivity contribution in [2.45, 2.75) is 24.5 Å². The van der Waals surface area contributed by atoms with Gasteiger partial charge in [0, 0.05) is 36.8 Å². The van der Waals surface area contributed by atoms with E-state index in [0.29, 0.717) is 33.9 Å². The van der Waals surface area contributed by atoms with Crippen molar-refractivity contribution in [3.05, 3.63) is 52.3 Å². The molecular weight excluding hydrogens is 546 g/mol. The van der Waals surface area contributed by atoms with Gasteiger partial charge < -0.3 is 40.5 Å². The summed E-state index contributed by atoms with van der Waals surface area (Å²) in [4.78, 5) is 42.9. The number of primary amides is 1. The number of Topliss-reactive ketones (excluding diaryl/α,β-unsaturated/α-hetero) is 2. The number of likely N-dealkylation sites (N-methyl/N-ethyl adjacent to an activating group) is 1. The van der Waals surface area contributed by atoms with Crippen molar-refractivity contribution in [3.8, 4) is 28.4 Å². The minimum Gasteiger partial charge on any atom is -0.508 e. The number of nitrogens with two attached hydrogens (primary N) is 1. The minimum absolute atomic E-state index is 0.0172. The van der Waals surface area contributed by atoms with E-state index in [9.17, 15) is 34.8 Å². The van der Waals surface area contributed by atoms with Gasteiger partial charge in [-0.15, -0.1) is 0 Å². The summed E-state index contributed by atoms with van der Waals surface area (Å²) in [5, 5.41) is 46.1. The molecule has 0 aromatic heterocycles. The first-order valence-electron chi connectivity index (χ1n) is 13.4. The summed E-state index contributed by atoms with van der Waals surface area (Å²) >= 11 is 0. The summed E-state index contributed by atoms with van der Waals surface area (Å²) in [7, 11) is 6.75. The number of amides is 1. The molecule has 0 radical (unpaired) electrons. The van der Waals surface area contributed by atoms with E-state index in [4.69, 9.17) is 15.2 Å². The van der Waals surface area contributed by atoms with Crippen LogP contribution in [-0.4, -0.2) is 89.4 Å². The molecule has 1 amide bonds. The molecule has 0 bridgehead atoms. The molecule has 12 heteroatoms. The first kappa shape index (κ1) is 27.6. The Kier molecular flexibility index (Phi) is 6.07. The number of carbonyl (C=O) groups excluding carboxylic acids is 3. The normalized spacial score (nSPS) is 26.3. The van der Waals surface area contributed by atoms with Crippen LogP contribution in [0.3, 0.4) is 0 Å². The molecule has 220 valence electrons. The number of ether oxygens (including phenoxy) is 2. The number of fused-ring (bicyclic) bond motifs is 4. The molecule has 4 atom stereocenters. The fourth-order valence-corrected chi connectivity index (χ4v) is 6.97. The number of nitrogens with zero attached hydrogens (tertiary/aromatic N) is 2. The molecule has 6 N–H and O–H groups in total. The molecule has 1 heterocycles. The molecule has 6 rings (SSSR count). The van der Waals surface area contributed by atoms with Crippen molar-refractivity contribution >= 4 is 28.9 Å². The lowest BCUT2D eigenvalue weighted by molar-refractivity contribution is -0.153. The number of aliphatic hydroxyl groups excluding tert-OH is 2. The van der Waals surface area contributed by atoms with Gasteiger partial charge in [0.15, 0.2) is 22.9 Å². The molecule has 1 aliphatic heterocycles. The van der Waals surface area contributed by atoms with Crippen LogP contribution in [-0.2, 0) is 20.8 Å². The van der Waals surface area contributed by atoms with Gasteiger partial charge in [0.05, 0.1) is 11.6 Å². The molecule has 1 saturated carbocycles. The fourth-order valence-electron chi connectivity index (χ4n) is 6.97. The number of aliphatic hydroxyl groups is 3. The van der Waals surface area contributed by atoms with Crippen molar-refractivity contribution in [3.63, 3.8) is 0 Å². The Balaban J connectivity index is 1.57. The van der Waals surface area contributed by atoms with Gasteiger partial charge >= 0.3 is 0 Å². The number of rotatable bonds is 4. The number of hydrogen-bond acceptors (Lipinski definition) is 11. The number of phenolic OH excluding ortho intramolecular Hbond substituents is 1. The molecule has 1 fully saturated rings. The summed E-state index contributed by atoms with van der Waals surface area (Å²) in [5.74, 6) is -5.84. The van der Waals surface area contributed by atoms with Gasteiger partial charge in [0.1, 0.15) is 22.8 Å². The Labute approximate surface area is 240 Å². The maximum Gasteiger partial charge on any atom is 0.255 e. The Morgan fingerprint density at radius 3 is 2.38 bits per heavy atom. The topological polar surface area (TPSA) is 183 Å². The average Bonchev–Trinajstić information content (AvgIpc) is 3.38. The monoisotopic (exact) mass is 577 g/mol. The summed E-state index contributed by atoms with van der Waals surface area (Å²) in [6.45, 7) is 0.0667. The van der Waals surface area contributed by atoms with E-state index < -0.39 is 58.0 Å². The van der Waals surface area contributed by atoms with Crippen LogP contribution in [0.1, 0.15) is 17.5 Å². The Bertz CT molecular complexity index is 1660. The number of aromatic hydroxyl groups is 1. The first-order valence-corrected chi connectivity index (χ1v) is 13.4. The van der Waals surface area contributed by atoms with Crippen LogP contribution in [0.2, 0.25) is 0 Å². The van der Waals surface area contributed by atoms with Gasteiger partial charge in [-0.2, -0.15) is 0 Å². The molecule has 42 heavy (non-hydrogen) atoms. The lowest BCUT2D eigenvalue weighted by atomic mass is 9.57. The average molecular weight is 578 g/mol. The lowest BCUT2D eigenvalue weighted by Gasteiger charge is -2.50. The van der Waals surface area contributed by atoms with Gasteiger partial charge in [-0.05, 0) is 62.2 Å². The molecule has 0 unspecified atom stereocenters. The van der Waals surface area contributed by atoms with Crippen molar-refractivity contribution in [2.75, 3.05) is 39.9 Å². The Hall–Kier alpha value is -4.55. The third-order valence-electron chi connectivity index (χ3n) is 8.86. The van der Waals surface area contributed by atoms with E-state index in [2.05, 4.69) is 0 Å². The van der Waals surface area contributed by atoms with Crippen LogP contribution in [0.4, 0.5) is 5.69 Å². The molecule has 2 aromatic carbocycles. The second-order valence-corrected chi connectivity index (χ2v) is 11.6. The zero-order valence-electron chi connectivity index (χ0n) is 23.5. The van der Waals surface area contributed by atoms with Crippen LogP contribution in [0, 0.1) is 11.8 Å². The second kappa shape index (κ2) is 9.23. The van der Waals surface area contributed by atoms with E-state index in [1.54, 1.807) is 38.4 Å². The zero-order valence-corrected chi connectivity index (χ0v) is 23.5. The van der Waals surface area contributed by atoms with Crippen LogP contribution < -0.4 is 20.1 Å². The molecule has 3 aliphatic carbocycles. The van der Waals surface area contributed by atoms with Crippen molar-refractivity contribution in [1.29, 1.82) is 0 Å². The number of carbonyl (C=O) groups is 3. The predicted octanol–water partition coefficient (Wildman–Crippen LogP) is 1.43. The van der Waals surface area contributed by atoms with Crippen molar-refractivity contribution < 1.29 is 44.3 Å². The third kappa shape index (κ3) is 3.58. The predicted molar refractivity (Wildman–Crippen MR) is 150 cm³/mol. The maximum absolute atomic E-state index is 14.1. The highest BCUT2D eigenvalue weighted by molar-refractivity contribution is 6.24. The molecular formula is C30H31N3O9. The van der Waals surface area contributed by atoms with Crippen LogP contribution in [0.25, 0.3) is 16.9 Å². The molecule has 2 aromatic rings. The van der Waals surface area contributed by atoms with Crippen LogP contribution >= 0.6 is 0 Å². The second-order valence-electron chi connectivity index (χ2n) is 11.6. The van der Waals surface area contributed by atoms with Gasteiger partial charge in [0.2, 0.25) is 12.6 Å². The van der Waals surface area contributed by atoms with E-state index >= 15 is 0 Å². The minimum atomic E-state index is -2.69. The number of hydrogen-bond donors (Lipinski definition) is 5. The maximum atomic E-state index is 14.1. The largest absolute Gasteiger partial charge is 0.508 e. The third-order valence-corrected chi connectivity index (χ3v) is 8.86. The zero-order chi connectivity index (χ0) is 30.4. The first-order chi connectivity index (χ1) is 19.8. The van der Waals surface area contributed by atoms with Gasteiger partial charge in [-0.1, -0.05) is 6.07 Å². The van der Waals surface area contributed by atoms with Crippen molar-refractivity contribution in [2.24, 2.45) is 17.6 Å².